The first-order valence-corrected chi connectivity index (χ1v) is 8.94. The molecule has 2 aromatic carbocycles. The van der Waals surface area contributed by atoms with Gasteiger partial charge < -0.3 is 14.7 Å². The van der Waals surface area contributed by atoms with E-state index in [1.54, 1.807) is 17.0 Å². The lowest BCUT2D eigenvalue weighted by Crippen LogP contribution is -2.44. The first kappa shape index (κ1) is 18.5. The van der Waals surface area contributed by atoms with Gasteiger partial charge in [-0.2, -0.15) is 0 Å². The molecule has 138 valence electrons. The number of rotatable bonds is 3. The zero-order chi connectivity index (χ0) is 18.8. The maximum atomic E-state index is 12.7. The van der Waals surface area contributed by atoms with Gasteiger partial charge in [0.1, 0.15) is 6.61 Å². The van der Waals surface area contributed by atoms with Crippen molar-refractivity contribution in [2.24, 2.45) is 0 Å². The monoisotopic (exact) mass is 374 g/mol. The molecule has 1 aliphatic rings. The summed E-state index contributed by atoms with van der Waals surface area (Å²) >= 11 is 6.09. The summed E-state index contributed by atoms with van der Waals surface area (Å²) in [7, 11) is 3.77. The van der Waals surface area contributed by atoms with Gasteiger partial charge in [-0.15, -0.1) is 0 Å². The molecule has 5 nitrogen and oxygen atoms in total. The van der Waals surface area contributed by atoms with E-state index in [9.17, 15) is 9.90 Å². The van der Waals surface area contributed by atoms with Gasteiger partial charge in [-0.3, -0.25) is 9.69 Å². The summed E-state index contributed by atoms with van der Waals surface area (Å²) in [6.45, 7) is 3.11. The summed E-state index contributed by atoms with van der Waals surface area (Å²) in [6.07, 6.45) is 0. The van der Waals surface area contributed by atoms with Crippen LogP contribution in [0.15, 0.2) is 36.4 Å². The van der Waals surface area contributed by atoms with Gasteiger partial charge in [0.15, 0.2) is 11.5 Å². The number of ether oxygens (including phenoxy) is 1. The molecule has 0 fully saturated rings. The summed E-state index contributed by atoms with van der Waals surface area (Å²) in [4.78, 5) is 16.4. The summed E-state index contributed by atoms with van der Waals surface area (Å²) in [6, 6.07) is 10.9. The minimum Gasteiger partial charge on any atom is -0.504 e. The predicted octanol–water partition coefficient (Wildman–Crippen LogP) is 3.38. The molecule has 0 spiro atoms. The van der Waals surface area contributed by atoms with Crippen LogP contribution in [0, 0.1) is 0 Å². The first-order valence-electron chi connectivity index (χ1n) is 8.56. The van der Waals surface area contributed by atoms with Crippen LogP contribution in [0.4, 0.5) is 0 Å². The fraction of sp³-hybridized carbons (Fsp3) is 0.350. The number of carbonyl (C=O) groups excluding carboxylic acids is 1. The molecule has 1 amide bonds. The fourth-order valence-electron chi connectivity index (χ4n) is 3.01. The summed E-state index contributed by atoms with van der Waals surface area (Å²) in [5, 5.41) is 11.1. The molecular weight excluding hydrogens is 352 g/mol. The second-order valence-electron chi connectivity index (χ2n) is 6.74. The molecule has 0 unspecified atom stereocenters. The molecule has 0 aromatic heterocycles. The first-order chi connectivity index (χ1) is 12.4. The number of likely N-dealkylation sites (N-methyl/N-ethyl adjacent to an activating group) is 1. The lowest BCUT2D eigenvalue weighted by atomic mass is 10.0. The van der Waals surface area contributed by atoms with E-state index < -0.39 is 0 Å². The maximum absolute atomic E-state index is 12.7. The van der Waals surface area contributed by atoms with Gasteiger partial charge in [0, 0.05) is 17.1 Å². The molecule has 1 heterocycles. The highest BCUT2D eigenvalue weighted by Crippen LogP contribution is 2.38. The van der Waals surface area contributed by atoms with Gasteiger partial charge in [-0.05, 0) is 56.4 Å². The summed E-state index contributed by atoms with van der Waals surface area (Å²) in [5.74, 6) is 0.565. The molecule has 0 saturated heterocycles. The summed E-state index contributed by atoms with van der Waals surface area (Å²) in [5.41, 5.74) is 2.53. The topological polar surface area (TPSA) is 53.0 Å². The second kappa shape index (κ2) is 7.56. The van der Waals surface area contributed by atoms with E-state index in [0.717, 1.165) is 16.7 Å². The molecule has 1 atom stereocenters. The van der Waals surface area contributed by atoms with Gasteiger partial charge in [0.25, 0.3) is 0 Å². The van der Waals surface area contributed by atoms with Gasteiger partial charge in [-0.25, -0.2) is 0 Å². The van der Waals surface area contributed by atoms with Crippen LogP contribution in [0.2, 0.25) is 5.02 Å². The Balaban J connectivity index is 1.96. The average Bonchev–Trinajstić information content (AvgIpc) is 2.83. The standard InChI is InChI=1S/C20H23ClN2O3/c1-13(22(2)3)20(25)23-7-8-26-19-16(12-23)9-15(11-18(19)24)14-5-4-6-17(21)10-14/h4-6,9-11,13,24H,7-8,12H2,1-3H3/t13-/m0/s1. The van der Waals surface area contributed by atoms with Crippen molar-refractivity contribution in [1.29, 1.82) is 0 Å². The smallest absolute Gasteiger partial charge is 0.240 e. The number of amides is 1. The minimum atomic E-state index is -0.221. The maximum Gasteiger partial charge on any atom is 0.240 e. The van der Waals surface area contributed by atoms with Crippen LogP contribution in [-0.2, 0) is 11.3 Å². The molecule has 0 aliphatic carbocycles. The number of phenols is 1. The van der Waals surface area contributed by atoms with Crippen molar-refractivity contribution in [2.45, 2.75) is 19.5 Å². The molecule has 1 N–H and O–H groups in total. The van der Waals surface area contributed by atoms with E-state index in [1.807, 2.05) is 50.2 Å². The van der Waals surface area contributed by atoms with Crippen LogP contribution in [0.5, 0.6) is 11.5 Å². The van der Waals surface area contributed by atoms with Crippen molar-refractivity contribution >= 4 is 17.5 Å². The molecular formula is C20H23ClN2O3. The van der Waals surface area contributed by atoms with Gasteiger partial charge >= 0.3 is 0 Å². The van der Waals surface area contributed by atoms with Crippen molar-refractivity contribution in [1.82, 2.24) is 9.80 Å². The Hall–Kier alpha value is -2.24. The minimum absolute atomic E-state index is 0.0408. The number of hydrogen-bond donors (Lipinski definition) is 1. The predicted molar refractivity (Wildman–Crippen MR) is 103 cm³/mol. The number of carbonyl (C=O) groups is 1. The Morgan fingerprint density at radius 2 is 2.04 bits per heavy atom. The Kier molecular flexibility index (Phi) is 5.39. The van der Waals surface area contributed by atoms with Crippen molar-refractivity contribution in [3.05, 3.63) is 47.0 Å². The zero-order valence-corrected chi connectivity index (χ0v) is 16.0. The van der Waals surface area contributed by atoms with Gasteiger partial charge in [-0.1, -0.05) is 23.7 Å². The van der Waals surface area contributed by atoms with E-state index >= 15 is 0 Å². The van der Waals surface area contributed by atoms with E-state index in [0.29, 0.717) is 30.5 Å². The van der Waals surface area contributed by atoms with Crippen molar-refractivity contribution in [3.8, 4) is 22.6 Å². The largest absolute Gasteiger partial charge is 0.504 e. The molecule has 6 heteroatoms. The van der Waals surface area contributed by atoms with Crippen LogP contribution >= 0.6 is 11.6 Å². The molecule has 0 radical (unpaired) electrons. The lowest BCUT2D eigenvalue weighted by molar-refractivity contribution is -0.136. The number of halogens is 1. The number of hydrogen-bond acceptors (Lipinski definition) is 4. The van der Waals surface area contributed by atoms with Crippen LogP contribution in [0.3, 0.4) is 0 Å². The van der Waals surface area contributed by atoms with Crippen molar-refractivity contribution in [2.75, 3.05) is 27.2 Å². The van der Waals surface area contributed by atoms with E-state index in [2.05, 4.69) is 0 Å². The molecule has 0 saturated carbocycles. The van der Waals surface area contributed by atoms with Crippen molar-refractivity contribution < 1.29 is 14.6 Å². The van der Waals surface area contributed by atoms with Crippen LogP contribution < -0.4 is 4.74 Å². The van der Waals surface area contributed by atoms with Gasteiger partial charge in [0.05, 0.1) is 12.6 Å². The third-order valence-electron chi connectivity index (χ3n) is 4.72. The molecule has 2 aromatic rings. The van der Waals surface area contributed by atoms with E-state index in [1.165, 1.54) is 0 Å². The third kappa shape index (κ3) is 3.79. The Labute approximate surface area is 158 Å². The average molecular weight is 375 g/mol. The number of fused-ring (bicyclic) bond motifs is 1. The zero-order valence-electron chi connectivity index (χ0n) is 15.2. The SMILES string of the molecule is C[C@@H](C(=O)N1CCOc2c(O)cc(-c3cccc(Cl)c3)cc2C1)N(C)C. The number of nitrogens with zero attached hydrogens (tertiary/aromatic N) is 2. The number of phenolic OH excluding ortho intramolecular Hbond substituents is 1. The van der Waals surface area contributed by atoms with Crippen molar-refractivity contribution in [3.63, 3.8) is 0 Å². The molecule has 0 bridgehead atoms. The highest BCUT2D eigenvalue weighted by molar-refractivity contribution is 6.30. The normalized spacial score (nSPS) is 15.2. The Morgan fingerprint density at radius 1 is 1.27 bits per heavy atom. The van der Waals surface area contributed by atoms with E-state index in [4.69, 9.17) is 16.3 Å². The highest BCUT2D eigenvalue weighted by Gasteiger charge is 2.26. The fourth-order valence-corrected chi connectivity index (χ4v) is 3.20. The second-order valence-corrected chi connectivity index (χ2v) is 7.18. The number of aromatic hydroxyl groups is 1. The lowest BCUT2D eigenvalue weighted by Gasteiger charge is -2.27. The molecule has 1 aliphatic heterocycles. The summed E-state index contributed by atoms with van der Waals surface area (Å²) < 4.78 is 5.73. The Morgan fingerprint density at radius 3 is 2.73 bits per heavy atom. The van der Waals surface area contributed by atoms with Crippen LogP contribution in [0.1, 0.15) is 12.5 Å². The van der Waals surface area contributed by atoms with Gasteiger partial charge in [0.2, 0.25) is 5.91 Å². The quantitative estimate of drug-likeness (QED) is 0.894. The van der Waals surface area contributed by atoms with Crippen LogP contribution in [0.25, 0.3) is 11.1 Å². The third-order valence-corrected chi connectivity index (χ3v) is 4.95. The van der Waals surface area contributed by atoms with E-state index in [-0.39, 0.29) is 17.7 Å². The van der Waals surface area contributed by atoms with Crippen LogP contribution in [-0.4, -0.2) is 54.1 Å². The Bertz CT molecular complexity index is 823. The molecule has 3 rings (SSSR count). The highest BCUT2D eigenvalue weighted by atomic mass is 35.5. The number of benzene rings is 2. The molecule has 26 heavy (non-hydrogen) atoms.